The minimum atomic E-state index is -0.117. The van der Waals surface area contributed by atoms with Crippen molar-refractivity contribution in [3.05, 3.63) is 35.9 Å². The number of hydrogen-bond donors (Lipinski definition) is 1. The molecule has 1 fully saturated rings. The lowest BCUT2D eigenvalue weighted by Crippen LogP contribution is -2.47. The number of likely N-dealkylation sites (tertiary alicyclic amines) is 1. The highest BCUT2D eigenvalue weighted by Gasteiger charge is 2.21. The molecule has 1 atom stereocenters. The molecule has 0 radical (unpaired) electrons. The zero-order valence-corrected chi connectivity index (χ0v) is 13.1. The average Bonchev–Trinajstić information content (AvgIpc) is 2.51. The third kappa shape index (κ3) is 5.15. The smallest absolute Gasteiger partial charge is 0.239 e. The predicted octanol–water partition coefficient (Wildman–Crippen LogP) is 1.37. The van der Waals surface area contributed by atoms with Crippen molar-refractivity contribution in [1.29, 1.82) is 0 Å². The van der Waals surface area contributed by atoms with E-state index in [4.69, 9.17) is 4.74 Å². The van der Waals surface area contributed by atoms with Gasteiger partial charge in [0.1, 0.15) is 0 Å². The molecular formula is C17H24N2O3. The number of amides is 2. The summed E-state index contributed by atoms with van der Waals surface area (Å²) in [4.78, 5) is 25.6. The highest BCUT2D eigenvalue weighted by Crippen LogP contribution is 2.10. The minimum Gasteiger partial charge on any atom is -0.383 e. The molecule has 1 N–H and O–H groups in total. The van der Waals surface area contributed by atoms with Gasteiger partial charge in [-0.15, -0.1) is 0 Å². The number of carbonyl (C=O) groups is 2. The maximum absolute atomic E-state index is 12.2. The molecule has 0 aromatic heterocycles. The Morgan fingerprint density at radius 3 is 2.77 bits per heavy atom. The maximum atomic E-state index is 12.2. The Kier molecular flexibility index (Phi) is 6.40. The molecule has 1 aromatic rings. The fourth-order valence-corrected chi connectivity index (χ4v) is 2.73. The Morgan fingerprint density at radius 2 is 2.09 bits per heavy atom. The Morgan fingerprint density at radius 1 is 1.32 bits per heavy atom. The van der Waals surface area contributed by atoms with Gasteiger partial charge in [0.25, 0.3) is 0 Å². The van der Waals surface area contributed by atoms with Gasteiger partial charge in [-0.05, 0) is 24.8 Å². The summed E-state index contributed by atoms with van der Waals surface area (Å²) in [6, 6.07) is 9.90. The van der Waals surface area contributed by atoms with E-state index in [-0.39, 0.29) is 24.4 Å². The molecule has 1 heterocycles. The number of carbonyl (C=O) groups excluding carboxylic acids is 2. The van der Waals surface area contributed by atoms with Gasteiger partial charge < -0.3 is 15.0 Å². The summed E-state index contributed by atoms with van der Waals surface area (Å²) in [5.74, 6) is -0.0408. The quantitative estimate of drug-likeness (QED) is 0.828. The van der Waals surface area contributed by atoms with E-state index in [0.29, 0.717) is 26.0 Å². The number of nitrogens with one attached hydrogen (secondary N) is 1. The van der Waals surface area contributed by atoms with Crippen LogP contribution in [0.5, 0.6) is 0 Å². The van der Waals surface area contributed by atoms with Gasteiger partial charge in [-0.2, -0.15) is 0 Å². The van der Waals surface area contributed by atoms with Gasteiger partial charge in [-0.25, -0.2) is 0 Å². The lowest BCUT2D eigenvalue weighted by molar-refractivity contribution is -0.138. The molecule has 2 rings (SSSR count). The van der Waals surface area contributed by atoms with Crippen LogP contribution in [0.4, 0.5) is 0 Å². The number of hydrogen-bond acceptors (Lipinski definition) is 3. The second-order valence-electron chi connectivity index (χ2n) is 5.68. The Hall–Kier alpha value is -1.88. The van der Waals surface area contributed by atoms with Gasteiger partial charge in [-0.3, -0.25) is 9.59 Å². The second-order valence-corrected chi connectivity index (χ2v) is 5.68. The van der Waals surface area contributed by atoms with Gasteiger partial charge >= 0.3 is 0 Å². The molecule has 0 saturated carbocycles. The third-order valence-electron chi connectivity index (χ3n) is 3.81. The molecule has 1 aliphatic rings. The van der Waals surface area contributed by atoms with Crippen molar-refractivity contribution in [2.75, 3.05) is 26.8 Å². The van der Waals surface area contributed by atoms with Crippen LogP contribution in [0.15, 0.2) is 30.3 Å². The highest BCUT2D eigenvalue weighted by atomic mass is 16.5. The van der Waals surface area contributed by atoms with Crippen LogP contribution in [0.1, 0.15) is 24.8 Å². The van der Waals surface area contributed by atoms with E-state index in [9.17, 15) is 9.59 Å². The average molecular weight is 304 g/mol. The van der Waals surface area contributed by atoms with Crippen LogP contribution < -0.4 is 5.32 Å². The Balaban J connectivity index is 1.86. The third-order valence-corrected chi connectivity index (χ3v) is 3.81. The summed E-state index contributed by atoms with van der Waals surface area (Å²) in [6.07, 6.45) is 3.18. The van der Waals surface area contributed by atoms with Crippen LogP contribution in [0, 0.1) is 0 Å². The molecule has 120 valence electrons. The molecule has 22 heavy (non-hydrogen) atoms. The van der Waals surface area contributed by atoms with E-state index in [1.54, 1.807) is 12.0 Å². The first-order valence-corrected chi connectivity index (χ1v) is 7.79. The van der Waals surface area contributed by atoms with Gasteiger partial charge in [0.05, 0.1) is 19.2 Å². The number of benzene rings is 1. The summed E-state index contributed by atoms with van der Waals surface area (Å²) < 4.78 is 5.19. The number of methoxy groups -OCH3 is 1. The first kappa shape index (κ1) is 16.5. The zero-order chi connectivity index (χ0) is 15.8. The van der Waals surface area contributed by atoms with Crippen LogP contribution >= 0.6 is 0 Å². The van der Waals surface area contributed by atoms with Gasteiger partial charge in [0.2, 0.25) is 11.8 Å². The lowest BCUT2D eigenvalue weighted by atomic mass is 10.1. The first-order chi connectivity index (χ1) is 10.7. The highest BCUT2D eigenvalue weighted by molar-refractivity contribution is 5.85. The SMILES string of the molecule is COC[C@H](Cc1ccccc1)NC(=O)CN1CCCCC1=O. The molecule has 2 amide bonds. The molecule has 5 heteroatoms. The van der Waals surface area contributed by atoms with Crippen LogP contribution in [-0.2, 0) is 20.7 Å². The van der Waals surface area contributed by atoms with Crippen LogP contribution in [0.3, 0.4) is 0 Å². The van der Waals surface area contributed by atoms with Gasteiger partial charge in [0, 0.05) is 20.1 Å². The lowest BCUT2D eigenvalue weighted by Gasteiger charge is -2.27. The van der Waals surface area contributed by atoms with Gasteiger partial charge in [-0.1, -0.05) is 30.3 Å². The summed E-state index contributed by atoms with van der Waals surface area (Å²) in [5.41, 5.74) is 1.15. The van der Waals surface area contributed by atoms with Crippen molar-refractivity contribution in [3.8, 4) is 0 Å². The maximum Gasteiger partial charge on any atom is 0.239 e. The standard InChI is InChI=1S/C17H24N2O3/c1-22-13-15(11-14-7-3-2-4-8-14)18-16(20)12-19-10-6-5-9-17(19)21/h2-4,7-8,15H,5-6,9-13H2,1H3,(H,18,20)/t15-/m0/s1. The normalized spacial score (nSPS) is 16.4. The molecule has 0 spiro atoms. The van der Waals surface area contributed by atoms with Gasteiger partial charge in [0.15, 0.2) is 0 Å². The molecular weight excluding hydrogens is 280 g/mol. The van der Waals surface area contributed by atoms with Crippen LogP contribution in [0.25, 0.3) is 0 Å². The van der Waals surface area contributed by atoms with Crippen molar-refractivity contribution in [2.24, 2.45) is 0 Å². The van der Waals surface area contributed by atoms with Crippen molar-refractivity contribution < 1.29 is 14.3 Å². The van der Waals surface area contributed by atoms with Crippen molar-refractivity contribution in [1.82, 2.24) is 10.2 Å². The van der Waals surface area contributed by atoms with E-state index in [0.717, 1.165) is 18.4 Å². The van der Waals surface area contributed by atoms with E-state index < -0.39 is 0 Å². The topological polar surface area (TPSA) is 58.6 Å². The Labute approximate surface area is 131 Å². The van der Waals surface area contributed by atoms with E-state index >= 15 is 0 Å². The predicted molar refractivity (Wildman–Crippen MR) is 84.4 cm³/mol. The van der Waals surface area contributed by atoms with Crippen LogP contribution in [0.2, 0.25) is 0 Å². The van der Waals surface area contributed by atoms with Crippen molar-refractivity contribution in [3.63, 3.8) is 0 Å². The summed E-state index contributed by atoms with van der Waals surface area (Å²) in [6.45, 7) is 1.28. The molecule has 1 aliphatic heterocycles. The first-order valence-electron chi connectivity index (χ1n) is 7.79. The largest absolute Gasteiger partial charge is 0.383 e. The van der Waals surface area contributed by atoms with Crippen molar-refractivity contribution >= 4 is 11.8 Å². The van der Waals surface area contributed by atoms with E-state index in [1.165, 1.54) is 0 Å². The fraction of sp³-hybridized carbons (Fsp3) is 0.529. The summed E-state index contributed by atoms with van der Waals surface area (Å²) >= 11 is 0. The molecule has 0 bridgehead atoms. The number of nitrogens with zero attached hydrogens (tertiary/aromatic N) is 1. The van der Waals surface area contributed by atoms with Crippen molar-refractivity contribution in [2.45, 2.75) is 31.7 Å². The van der Waals surface area contributed by atoms with E-state index in [2.05, 4.69) is 5.32 Å². The molecule has 0 unspecified atom stereocenters. The molecule has 1 saturated heterocycles. The molecule has 5 nitrogen and oxygen atoms in total. The Bertz CT molecular complexity index is 490. The molecule has 1 aromatic carbocycles. The van der Waals surface area contributed by atoms with E-state index in [1.807, 2.05) is 30.3 Å². The fourth-order valence-electron chi connectivity index (χ4n) is 2.73. The number of rotatable bonds is 7. The summed E-state index contributed by atoms with van der Waals surface area (Å²) in [7, 11) is 1.62. The number of piperidine rings is 1. The second kappa shape index (κ2) is 8.54. The monoisotopic (exact) mass is 304 g/mol. The zero-order valence-electron chi connectivity index (χ0n) is 13.1. The molecule has 0 aliphatic carbocycles. The number of ether oxygens (including phenoxy) is 1. The minimum absolute atomic E-state index is 0.0766. The van der Waals surface area contributed by atoms with Crippen LogP contribution in [-0.4, -0.2) is 49.6 Å². The summed E-state index contributed by atoms with van der Waals surface area (Å²) in [5, 5.41) is 2.98.